The van der Waals surface area contributed by atoms with Gasteiger partial charge in [0.25, 0.3) is 0 Å². The zero-order valence-corrected chi connectivity index (χ0v) is 12.6. The maximum absolute atomic E-state index is 2.36. The lowest BCUT2D eigenvalue weighted by Crippen LogP contribution is -2.17. The van der Waals surface area contributed by atoms with Crippen molar-refractivity contribution in [1.29, 1.82) is 0 Å². The highest BCUT2D eigenvalue weighted by Crippen LogP contribution is 2.45. The second kappa shape index (κ2) is 7.23. The van der Waals surface area contributed by atoms with Crippen LogP contribution in [0.4, 0.5) is 0 Å². The van der Waals surface area contributed by atoms with Crippen LogP contribution in [0.2, 0.25) is 0 Å². The van der Waals surface area contributed by atoms with Gasteiger partial charge < -0.3 is 0 Å². The molecule has 18 heavy (non-hydrogen) atoms. The van der Waals surface area contributed by atoms with Crippen LogP contribution in [0.15, 0.2) is 24.3 Å². The van der Waals surface area contributed by atoms with Crippen molar-refractivity contribution in [2.24, 2.45) is 0 Å². The second-order valence-corrected chi connectivity index (χ2v) is 6.94. The van der Waals surface area contributed by atoms with Gasteiger partial charge in [-0.05, 0) is 30.4 Å². The van der Waals surface area contributed by atoms with Crippen molar-refractivity contribution in [3.63, 3.8) is 0 Å². The van der Waals surface area contributed by atoms with E-state index in [4.69, 9.17) is 0 Å². The Morgan fingerprint density at radius 1 is 1.06 bits per heavy atom. The number of unbranched alkanes of at least 4 members (excludes halogenated alkanes) is 2. The van der Waals surface area contributed by atoms with E-state index < -0.39 is 0 Å². The van der Waals surface area contributed by atoms with Gasteiger partial charge in [-0.1, -0.05) is 63.8 Å². The van der Waals surface area contributed by atoms with E-state index in [1.807, 2.05) is 0 Å². The minimum atomic E-state index is 0.761. The van der Waals surface area contributed by atoms with Crippen LogP contribution < -0.4 is 0 Å². The number of benzene rings is 1. The molecular weight excluding hydrogens is 236 g/mol. The summed E-state index contributed by atoms with van der Waals surface area (Å²) < 4.78 is 0. The molecule has 2 rings (SSSR count). The summed E-state index contributed by atoms with van der Waals surface area (Å²) >= 11 is 2.25. The molecule has 0 saturated carbocycles. The number of fused-ring (bicyclic) bond motifs is 1. The monoisotopic (exact) mass is 262 g/mol. The average molecular weight is 262 g/mol. The van der Waals surface area contributed by atoms with Crippen LogP contribution >= 0.6 is 11.8 Å². The fourth-order valence-corrected chi connectivity index (χ4v) is 4.57. The molecular formula is C17H26S. The Morgan fingerprint density at radius 3 is 2.56 bits per heavy atom. The average Bonchev–Trinajstić information content (AvgIpc) is 2.42. The Balaban J connectivity index is 2.08. The van der Waals surface area contributed by atoms with Crippen LogP contribution in [-0.4, -0.2) is 5.25 Å². The predicted molar refractivity (Wildman–Crippen MR) is 83.3 cm³/mol. The number of hydrogen-bond donors (Lipinski definition) is 0. The molecule has 0 spiro atoms. The van der Waals surface area contributed by atoms with Gasteiger partial charge in [-0.15, -0.1) is 0 Å². The van der Waals surface area contributed by atoms with E-state index in [1.54, 1.807) is 11.1 Å². The first-order valence-corrected chi connectivity index (χ1v) is 8.52. The molecule has 0 aliphatic carbocycles. The molecule has 0 amide bonds. The summed E-state index contributed by atoms with van der Waals surface area (Å²) in [5.74, 6) is 0. The molecule has 2 unspecified atom stereocenters. The highest BCUT2D eigenvalue weighted by Gasteiger charge is 2.26. The fourth-order valence-electron chi connectivity index (χ4n) is 2.85. The molecule has 1 heterocycles. The molecule has 0 bridgehead atoms. The maximum Gasteiger partial charge on any atom is 0.0302 e. The zero-order chi connectivity index (χ0) is 12.8. The molecule has 1 aliphatic rings. The highest BCUT2D eigenvalue weighted by atomic mass is 32.2. The maximum atomic E-state index is 2.36. The van der Waals surface area contributed by atoms with Crippen LogP contribution in [0.5, 0.6) is 0 Å². The summed E-state index contributed by atoms with van der Waals surface area (Å²) in [6.45, 7) is 4.60. The third-order valence-corrected chi connectivity index (χ3v) is 5.51. The summed E-state index contributed by atoms with van der Waals surface area (Å²) in [5.41, 5.74) is 3.25. The third-order valence-electron chi connectivity index (χ3n) is 3.91. The summed E-state index contributed by atoms with van der Waals surface area (Å²) in [7, 11) is 0. The van der Waals surface area contributed by atoms with Gasteiger partial charge in [-0.25, -0.2) is 0 Å². The summed E-state index contributed by atoms with van der Waals surface area (Å²) in [4.78, 5) is 0. The molecule has 0 nitrogen and oxygen atoms in total. The smallest absolute Gasteiger partial charge is 0.0302 e. The van der Waals surface area contributed by atoms with Crippen LogP contribution in [-0.2, 0) is 6.42 Å². The lowest BCUT2D eigenvalue weighted by molar-refractivity contribution is 0.644. The van der Waals surface area contributed by atoms with Gasteiger partial charge in [0.1, 0.15) is 0 Å². The predicted octanol–water partition coefficient (Wildman–Crippen LogP) is 5.77. The first-order chi connectivity index (χ1) is 8.85. The zero-order valence-electron chi connectivity index (χ0n) is 11.8. The second-order valence-electron chi connectivity index (χ2n) is 5.43. The van der Waals surface area contributed by atoms with Gasteiger partial charge in [0, 0.05) is 10.5 Å². The Labute approximate surface area is 117 Å². The van der Waals surface area contributed by atoms with Crippen molar-refractivity contribution in [1.82, 2.24) is 0 Å². The van der Waals surface area contributed by atoms with E-state index in [0.717, 1.165) is 10.5 Å². The SMILES string of the molecule is CCCCC1Cc2ccccc2C(CCCC)S1. The number of hydrogen-bond acceptors (Lipinski definition) is 1. The number of rotatable bonds is 6. The quantitative estimate of drug-likeness (QED) is 0.627. The van der Waals surface area contributed by atoms with E-state index in [-0.39, 0.29) is 0 Å². The largest absolute Gasteiger partial charge is 0.150 e. The minimum absolute atomic E-state index is 0.761. The molecule has 1 heteroatoms. The lowest BCUT2D eigenvalue weighted by Gasteiger charge is -2.31. The van der Waals surface area contributed by atoms with E-state index in [1.165, 1.54) is 44.9 Å². The topological polar surface area (TPSA) is 0 Å². The fraction of sp³-hybridized carbons (Fsp3) is 0.647. The summed E-state index contributed by atoms with van der Waals surface area (Å²) in [5, 5.41) is 1.62. The van der Waals surface area contributed by atoms with E-state index in [0.29, 0.717) is 0 Å². The van der Waals surface area contributed by atoms with Gasteiger partial charge in [0.15, 0.2) is 0 Å². The van der Waals surface area contributed by atoms with Crippen LogP contribution in [0.1, 0.15) is 68.7 Å². The van der Waals surface area contributed by atoms with Gasteiger partial charge in [-0.3, -0.25) is 0 Å². The summed E-state index contributed by atoms with van der Waals surface area (Å²) in [6, 6.07) is 9.14. The molecule has 2 atom stereocenters. The first kappa shape index (κ1) is 14.0. The van der Waals surface area contributed by atoms with Crippen molar-refractivity contribution < 1.29 is 0 Å². The lowest BCUT2D eigenvalue weighted by atomic mass is 9.95. The van der Waals surface area contributed by atoms with Crippen LogP contribution in [0.3, 0.4) is 0 Å². The minimum Gasteiger partial charge on any atom is -0.150 e. The molecule has 100 valence electrons. The molecule has 0 aromatic heterocycles. The Bertz CT molecular complexity index is 358. The highest BCUT2D eigenvalue weighted by molar-refractivity contribution is 8.00. The Morgan fingerprint density at radius 2 is 1.78 bits per heavy atom. The molecule has 1 aromatic carbocycles. The number of thioether (sulfide) groups is 1. The molecule has 0 fully saturated rings. The van der Waals surface area contributed by atoms with Crippen molar-refractivity contribution >= 4 is 11.8 Å². The van der Waals surface area contributed by atoms with E-state index in [2.05, 4.69) is 49.9 Å². The normalized spacial score (nSPS) is 22.8. The molecule has 0 saturated heterocycles. The van der Waals surface area contributed by atoms with Gasteiger partial charge in [0.05, 0.1) is 0 Å². The van der Waals surface area contributed by atoms with Gasteiger partial charge >= 0.3 is 0 Å². The van der Waals surface area contributed by atoms with E-state index >= 15 is 0 Å². The summed E-state index contributed by atoms with van der Waals surface area (Å²) in [6.07, 6.45) is 9.46. The van der Waals surface area contributed by atoms with Crippen LogP contribution in [0.25, 0.3) is 0 Å². The Hall–Kier alpha value is -0.430. The molecule has 1 aliphatic heterocycles. The molecule has 0 N–H and O–H groups in total. The van der Waals surface area contributed by atoms with Crippen molar-refractivity contribution in [3.05, 3.63) is 35.4 Å². The van der Waals surface area contributed by atoms with Gasteiger partial charge in [-0.2, -0.15) is 11.8 Å². The van der Waals surface area contributed by atoms with Crippen molar-refractivity contribution in [2.45, 2.75) is 69.3 Å². The molecule has 0 radical (unpaired) electrons. The standard InChI is InChI=1S/C17H26S/c1-3-5-10-15-13-14-9-7-8-11-16(14)17(18-15)12-6-4-2/h7-9,11,15,17H,3-6,10,12-13H2,1-2H3. The first-order valence-electron chi connectivity index (χ1n) is 7.58. The van der Waals surface area contributed by atoms with Crippen molar-refractivity contribution in [2.75, 3.05) is 0 Å². The van der Waals surface area contributed by atoms with Crippen LogP contribution in [0, 0.1) is 0 Å². The van der Waals surface area contributed by atoms with Gasteiger partial charge in [0.2, 0.25) is 0 Å². The molecule has 1 aromatic rings. The third kappa shape index (κ3) is 3.54. The van der Waals surface area contributed by atoms with E-state index in [9.17, 15) is 0 Å². The Kier molecular flexibility index (Phi) is 5.62. The van der Waals surface area contributed by atoms with Crippen molar-refractivity contribution in [3.8, 4) is 0 Å².